The van der Waals surface area contributed by atoms with Crippen LogP contribution in [0.1, 0.15) is 24.3 Å². The molecule has 1 aromatic heterocycles. The van der Waals surface area contributed by atoms with E-state index >= 15 is 0 Å². The summed E-state index contributed by atoms with van der Waals surface area (Å²) in [5, 5.41) is 1.87. The zero-order valence-corrected chi connectivity index (χ0v) is 10.9. The van der Waals surface area contributed by atoms with Crippen molar-refractivity contribution in [3.05, 3.63) is 35.0 Å². The molecule has 0 N–H and O–H groups in total. The van der Waals surface area contributed by atoms with Crippen molar-refractivity contribution < 1.29 is 9.53 Å². The summed E-state index contributed by atoms with van der Waals surface area (Å²) in [5.41, 5.74) is 2.35. The molecule has 18 heavy (non-hydrogen) atoms. The molecule has 1 aliphatic heterocycles. The van der Waals surface area contributed by atoms with Crippen molar-refractivity contribution in [1.29, 1.82) is 0 Å². The Balaban J connectivity index is 2.10. The number of fused-ring (bicyclic) bond motifs is 1. The number of halogens is 1. The average Bonchev–Trinajstić information content (AvgIpc) is 2.66. The number of esters is 1. The van der Waals surface area contributed by atoms with E-state index in [4.69, 9.17) is 16.3 Å². The molecule has 1 aromatic carbocycles. The van der Waals surface area contributed by atoms with Crippen LogP contribution in [0.15, 0.2) is 24.4 Å². The van der Waals surface area contributed by atoms with Crippen LogP contribution in [0.3, 0.4) is 0 Å². The summed E-state index contributed by atoms with van der Waals surface area (Å²) < 4.78 is 7.08. The van der Waals surface area contributed by atoms with Crippen molar-refractivity contribution in [1.82, 2.24) is 4.57 Å². The van der Waals surface area contributed by atoms with Gasteiger partial charge in [0.05, 0.1) is 13.0 Å². The molecule has 0 aliphatic carbocycles. The summed E-state index contributed by atoms with van der Waals surface area (Å²) in [5.74, 6) is 0.138. The van der Waals surface area contributed by atoms with Crippen molar-refractivity contribution in [3.63, 3.8) is 0 Å². The first-order chi connectivity index (χ1) is 8.65. The minimum absolute atomic E-state index is 0.106. The average molecular weight is 264 g/mol. The number of nitrogens with zero attached hydrogens (tertiary/aromatic N) is 1. The topological polar surface area (TPSA) is 31.2 Å². The molecule has 0 bridgehead atoms. The van der Waals surface area contributed by atoms with Crippen molar-refractivity contribution in [3.8, 4) is 0 Å². The van der Waals surface area contributed by atoms with Crippen LogP contribution in [-0.2, 0) is 16.6 Å². The van der Waals surface area contributed by atoms with Gasteiger partial charge in [0.15, 0.2) is 0 Å². The van der Waals surface area contributed by atoms with E-state index in [2.05, 4.69) is 10.8 Å². The number of ether oxygens (including phenoxy) is 1. The monoisotopic (exact) mass is 263 g/mol. The number of hydrogen-bond acceptors (Lipinski definition) is 2. The Hall–Kier alpha value is -1.48. The summed E-state index contributed by atoms with van der Waals surface area (Å²) >= 11 is 6.07. The molecule has 2 aromatic rings. The number of carbonyl (C=O) groups excluding carboxylic acids is 1. The van der Waals surface area contributed by atoms with E-state index in [1.165, 1.54) is 5.56 Å². The van der Waals surface area contributed by atoms with Gasteiger partial charge in [-0.05, 0) is 36.1 Å². The number of benzene rings is 1. The fraction of sp³-hybridized carbons (Fsp3) is 0.357. The molecule has 1 fully saturated rings. The van der Waals surface area contributed by atoms with Crippen molar-refractivity contribution in [2.75, 3.05) is 6.61 Å². The van der Waals surface area contributed by atoms with Gasteiger partial charge in [-0.3, -0.25) is 4.79 Å². The molecular formula is C14H14ClNO2. The molecule has 0 spiro atoms. The van der Waals surface area contributed by atoms with E-state index in [0.717, 1.165) is 22.3 Å². The summed E-state index contributed by atoms with van der Waals surface area (Å²) in [6.45, 7) is 0.514. The lowest BCUT2D eigenvalue weighted by molar-refractivity contribution is -0.147. The van der Waals surface area contributed by atoms with Crippen molar-refractivity contribution >= 4 is 28.5 Å². The maximum atomic E-state index is 11.4. The first-order valence-electron chi connectivity index (χ1n) is 6.05. The minimum Gasteiger partial charge on any atom is -0.466 e. The fourth-order valence-electron chi connectivity index (χ4n) is 2.66. The van der Waals surface area contributed by atoms with Crippen LogP contribution in [0, 0.1) is 0 Å². The second-order valence-electron chi connectivity index (χ2n) is 4.77. The highest BCUT2D eigenvalue weighted by molar-refractivity contribution is 6.31. The van der Waals surface area contributed by atoms with Gasteiger partial charge in [-0.2, -0.15) is 0 Å². The Labute approximate surface area is 110 Å². The lowest BCUT2D eigenvalue weighted by atomic mass is 9.91. The van der Waals surface area contributed by atoms with E-state index in [9.17, 15) is 4.79 Å². The van der Waals surface area contributed by atoms with E-state index < -0.39 is 0 Å². The number of aryl methyl sites for hydroxylation is 1. The third kappa shape index (κ3) is 1.89. The molecule has 3 nitrogen and oxygen atoms in total. The molecule has 1 atom stereocenters. The predicted octanol–water partition coefficient (Wildman–Crippen LogP) is 3.25. The molecule has 0 saturated carbocycles. The van der Waals surface area contributed by atoms with Crippen LogP contribution in [-0.4, -0.2) is 17.1 Å². The molecule has 4 heteroatoms. The third-order valence-electron chi connectivity index (χ3n) is 3.56. The van der Waals surface area contributed by atoms with Gasteiger partial charge < -0.3 is 9.30 Å². The van der Waals surface area contributed by atoms with Gasteiger partial charge in [0, 0.05) is 29.2 Å². The smallest absolute Gasteiger partial charge is 0.306 e. The Morgan fingerprint density at radius 1 is 1.44 bits per heavy atom. The summed E-state index contributed by atoms with van der Waals surface area (Å²) in [7, 11) is 2.01. The zero-order valence-electron chi connectivity index (χ0n) is 10.1. The number of hydrogen-bond donors (Lipinski definition) is 0. The van der Waals surface area contributed by atoms with Gasteiger partial charge in [0.1, 0.15) is 0 Å². The Morgan fingerprint density at radius 3 is 3.06 bits per heavy atom. The number of rotatable bonds is 1. The molecule has 0 amide bonds. The highest BCUT2D eigenvalue weighted by atomic mass is 35.5. The first-order valence-corrected chi connectivity index (χ1v) is 6.43. The molecule has 1 aliphatic rings. The van der Waals surface area contributed by atoms with E-state index in [-0.39, 0.29) is 11.9 Å². The van der Waals surface area contributed by atoms with Gasteiger partial charge in [-0.1, -0.05) is 11.6 Å². The molecule has 3 rings (SSSR count). The molecular weight excluding hydrogens is 250 g/mol. The van der Waals surface area contributed by atoms with E-state index in [1.54, 1.807) is 0 Å². The molecule has 0 radical (unpaired) electrons. The Bertz CT molecular complexity index is 618. The Morgan fingerprint density at radius 2 is 2.28 bits per heavy atom. The second-order valence-corrected chi connectivity index (χ2v) is 5.20. The zero-order chi connectivity index (χ0) is 12.7. The minimum atomic E-state index is -0.106. The van der Waals surface area contributed by atoms with Crippen LogP contribution in [0.5, 0.6) is 0 Å². The van der Waals surface area contributed by atoms with Crippen molar-refractivity contribution in [2.45, 2.75) is 18.8 Å². The number of carbonyl (C=O) groups is 1. The summed E-state index contributed by atoms with van der Waals surface area (Å²) in [4.78, 5) is 11.4. The van der Waals surface area contributed by atoms with Gasteiger partial charge in [-0.25, -0.2) is 0 Å². The van der Waals surface area contributed by atoms with E-state index in [1.807, 2.05) is 25.2 Å². The summed E-state index contributed by atoms with van der Waals surface area (Å²) in [6, 6.07) is 5.89. The molecule has 94 valence electrons. The lowest BCUT2D eigenvalue weighted by Crippen LogP contribution is -2.19. The Kier molecular flexibility index (Phi) is 2.78. The first kappa shape index (κ1) is 11.6. The van der Waals surface area contributed by atoms with Crippen molar-refractivity contribution in [2.24, 2.45) is 7.05 Å². The molecule has 0 unspecified atom stereocenters. The van der Waals surface area contributed by atoms with Gasteiger partial charge in [0.2, 0.25) is 0 Å². The number of cyclic esters (lactones) is 1. The SMILES string of the molecule is Cn1cc([C@H]2CCOC(=O)C2)c2cc(Cl)ccc21. The summed E-state index contributed by atoms with van der Waals surface area (Å²) in [6.07, 6.45) is 3.45. The normalized spacial score (nSPS) is 20.1. The number of aromatic nitrogens is 1. The quantitative estimate of drug-likeness (QED) is 0.740. The largest absolute Gasteiger partial charge is 0.466 e. The molecule has 2 heterocycles. The molecule has 1 saturated heterocycles. The van der Waals surface area contributed by atoms with Crippen LogP contribution in [0.4, 0.5) is 0 Å². The predicted molar refractivity (Wildman–Crippen MR) is 70.9 cm³/mol. The van der Waals surface area contributed by atoms with Crippen LogP contribution < -0.4 is 0 Å². The second kappa shape index (κ2) is 4.32. The standard InChI is InChI=1S/C14H14ClNO2/c1-16-8-12(9-4-5-18-14(17)6-9)11-7-10(15)2-3-13(11)16/h2-3,7-9H,4-6H2,1H3/t9-/m0/s1. The maximum absolute atomic E-state index is 11.4. The van der Waals surface area contributed by atoms with Crippen LogP contribution in [0.2, 0.25) is 5.02 Å². The van der Waals surface area contributed by atoms with Gasteiger partial charge >= 0.3 is 5.97 Å². The van der Waals surface area contributed by atoms with Gasteiger partial charge in [-0.15, -0.1) is 0 Å². The maximum Gasteiger partial charge on any atom is 0.306 e. The van der Waals surface area contributed by atoms with E-state index in [0.29, 0.717) is 13.0 Å². The third-order valence-corrected chi connectivity index (χ3v) is 3.80. The van der Waals surface area contributed by atoms with Crippen LogP contribution in [0.25, 0.3) is 10.9 Å². The lowest BCUT2D eigenvalue weighted by Gasteiger charge is -2.20. The van der Waals surface area contributed by atoms with Gasteiger partial charge in [0.25, 0.3) is 0 Å². The van der Waals surface area contributed by atoms with Crippen LogP contribution >= 0.6 is 11.6 Å². The highest BCUT2D eigenvalue weighted by Crippen LogP contribution is 2.34. The fourth-order valence-corrected chi connectivity index (χ4v) is 2.83. The highest BCUT2D eigenvalue weighted by Gasteiger charge is 2.25.